The van der Waals surface area contributed by atoms with Gasteiger partial charge in [0.15, 0.2) is 0 Å². The van der Waals surface area contributed by atoms with Gasteiger partial charge in [0, 0.05) is 0 Å². The van der Waals surface area contributed by atoms with Crippen LogP contribution in [-0.4, -0.2) is 23.9 Å². The third kappa shape index (κ3) is 2.71. The molecule has 1 aliphatic heterocycles. The first kappa shape index (κ1) is 16.0. The van der Waals surface area contributed by atoms with E-state index in [-0.39, 0.29) is 12.5 Å². The van der Waals surface area contributed by atoms with Crippen LogP contribution in [0.2, 0.25) is 0 Å². The summed E-state index contributed by atoms with van der Waals surface area (Å²) >= 11 is 0. The van der Waals surface area contributed by atoms with Gasteiger partial charge in [-0.2, -0.15) is 0 Å². The lowest BCUT2D eigenvalue weighted by molar-refractivity contribution is -0.131. The molecule has 124 valence electrons. The predicted octanol–water partition coefficient (Wildman–Crippen LogP) is 2.80. The van der Waals surface area contributed by atoms with Crippen molar-refractivity contribution in [2.24, 2.45) is 0 Å². The molecule has 24 heavy (non-hydrogen) atoms. The highest BCUT2D eigenvalue weighted by molar-refractivity contribution is 6.07. The van der Waals surface area contributed by atoms with Crippen molar-refractivity contribution in [1.82, 2.24) is 10.2 Å². The lowest BCUT2D eigenvalue weighted by Crippen LogP contribution is -2.40. The van der Waals surface area contributed by atoms with Crippen LogP contribution in [0.5, 0.6) is 5.75 Å². The largest absolute Gasteiger partial charge is 0.497 e. The van der Waals surface area contributed by atoms with Crippen LogP contribution < -0.4 is 10.1 Å². The Kier molecular flexibility index (Phi) is 3.97. The Labute approximate surface area is 139 Å². The molecule has 1 aliphatic rings. The first-order chi connectivity index (χ1) is 11.4. The Bertz CT molecular complexity index is 791. The fraction of sp³-hybridized carbons (Fsp3) is 0.222. The molecule has 0 aromatic heterocycles. The molecule has 6 heteroatoms. The maximum atomic E-state index is 13.3. The molecule has 0 saturated carbocycles. The first-order valence-corrected chi connectivity index (χ1v) is 7.47. The highest BCUT2D eigenvalue weighted by Crippen LogP contribution is 2.30. The van der Waals surface area contributed by atoms with E-state index < -0.39 is 17.4 Å². The molecule has 1 fully saturated rings. The zero-order valence-corrected chi connectivity index (χ0v) is 13.4. The molecule has 0 bridgehead atoms. The molecule has 1 heterocycles. The summed E-state index contributed by atoms with van der Waals surface area (Å²) in [5.74, 6) is -0.116. The van der Waals surface area contributed by atoms with E-state index in [0.29, 0.717) is 16.9 Å². The lowest BCUT2D eigenvalue weighted by Gasteiger charge is -2.22. The van der Waals surface area contributed by atoms with Crippen molar-refractivity contribution < 1.29 is 18.7 Å². The Balaban J connectivity index is 1.87. The lowest BCUT2D eigenvalue weighted by atomic mass is 9.92. The van der Waals surface area contributed by atoms with Crippen molar-refractivity contribution in [1.29, 1.82) is 0 Å². The van der Waals surface area contributed by atoms with Gasteiger partial charge in [0.2, 0.25) is 0 Å². The van der Waals surface area contributed by atoms with Crippen LogP contribution in [-0.2, 0) is 16.9 Å². The summed E-state index contributed by atoms with van der Waals surface area (Å²) in [6.45, 7) is 1.68. The Morgan fingerprint density at radius 1 is 1.17 bits per heavy atom. The monoisotopic (exact) mass is 328 g/mol. The van der Waals surface area contributed by atoms with Crippen molar-refractivity contribution in [2.45, 2.75) is 19.0 Å². The van der Waals surface area contributed by atoms with E-state index in [4.69, 9.17) is 4.74 Å². The molecule has 0 aliphatic carbocycles. The second-order valence-electron chi connectivity index (χ2n) is 5.80. The zero-order chi connectivity index (χ0) is 17.3. The fourth-order valence-corrected chi connectivity index (χ4v) is 2.78. The number of nitrogens with one attached hydrogen (secondary N) is 1. The number of benzene rings is 2. The summed E-state index contributed by atoms with van der Waals surface area (Å²) < 4.78 is 18.4. The van der Waals surface area contributed by atoms with Crippen molar-refractivity contribution in [2.75, 3.05) is 7.11 Å². The minimum Gasteiger partial charge on any atom is -0.497 e. The zero-order valence-electron chi connectivity index (χ0n) is 13.4. The van der Waals surface area contributed by atoms with Gasteiger partial charge in [-0.15, -0.1) is 0 Å². The van der Waals surface area contributed by atoms with Crippen LogP contribution in [0.1, 0.15) is 18.1 Å². The van der Waals surface area contributed by atoms with E-state index in [1.807, 2.05) is 0 Å². The highest BCUT2D eigenvalue weighted by atomic mass is 19.1. The van der Waals surface area contributed by atoms with Gasteiger partial charge in [-0.05, 0) is 42.3 Å². The fourth-order valence-electron chi connectivity index (χ4n) is 2.78. The molecule has 3 rings (SSSR count). The number of rotatable bonds is 4. The van der Waals surface area contributed by atoms with Crippen molar-refractivity contribution in [3.8, 4) is 5.75 Å². The van der Waals surface area contributed by atoms with Crippen molar-refractivity contribution in [3.63, 3.8) is 0 Å². The molecular weight excluding hydrogens is 311 g/mol. The summed E-state index contributed by atoms with van der Waals surface area (Å²) in [7, 11) is 1.56. The van der Waals surface area contributed by atoms with E-state index in [0.717, 1.165) is 4.90 Å². The van der Waals surface area contributed by atoms with Crippen LogP contribution in [0.25, 0.3) is 0 Å². The number of carbonyl (C=O) groups is 2. The average molecular weight is 328 g/mol. The van der Waals surface area contributed by atoms with Crippen LogP contribution in [0.3, 0.4) is 0 Å². The van der Waals surface area contributed by atoms with Gasteiger partial charge in [0.25, 0.3) is 5.91 Å². The summed E-state index contributed by atoms with van der Waals surface area (Å²) in [4.78, 5) is 26.2. The molecule has 1 atom stereocenters. The number of hydrogen-bond acceptors (Lipinski definition) is 3. The molecule has 2 aromatic carbocycles. The van der Waals surface area contributed by atoms with Gasteiger partial charge in [-0.1, -0.05) is 24.3 Å². The second kappa shape index (κ2) is 5.96. The minimum atomic E-state index is -1.16. The maximum Gasteiger partial charge on any atom is 0.325 e. The molecular formula is C18H17FN2O3. The third-order valence-corrected chi connectivity index (χ3v) is 4.17. The molecule has 0 radical (unpaired) electrons. The number of carbonyl (C=O) groups excluding carboxylic acids is 2. The van der Waals surface area contributed by atoms with Gasteiger partial charge in [-0.25, -0.2) is 9.18 Å². The van der Waals surface area contributed by atoms with Crippen LogP contribution in [0.4, 0.5) is 9.18 Å². The summed E-state index contributed by atoms with van der Waals surface area (Å²) in [5, 5.41) is 2.72. The van der Waals surface area contributed by atoms with E-state index in [1.165, 1.54) is 12.1 Å². The SMILES string of the molecule is COc1ccc([C@@]2(C)NC(=O)N(Cc3cccc(F)c3)C2=O)cc1. The number of urea groups is 1. The standard InChI is InChI=1S/C18H17FN2O3/c1-18(13-6-8-15(24-2)9-7-13)16(22)21(17(23)20-18)11-12-4-3-5-14(19)10-12/h3-10H,11H2,1-2H3,(H,20,23)/t18-/m1/s1. The molecule has 3 amide bonds. The van der Waals surface area contributed by atoms with E-state index >= 15 is 0 Å². The number of amides is 3. The number of nitrogens with zero attached hydrogens (tertiary/aromatic N) is 1. The number of halogens is 1. The Morgan fingerprint density at radius 3 is 2.50 bits per heavy atom. The van der Waals surface area contributed by atoms with Crippen LogP contribution in [0, 0.1) is 5.82 Å². The smallest absolute Gasteiger partial charge is 0.325 e. The van der Waals surface area contributed by atoms with E-state index in [1.54, 1.807) is 50.4 Å². The predicted molar refractivity (Wildman–Crippen MR) is 85.8 cm³/mol. The normalized spacial score (nSPS) is 20.2. The Hall–Kier alpha value is -2.89. The molecule has 2 aromatic rings. The Morgan fingerprint density at radius 2 is 1.88 bits per heavy atom. The van der Waals surface area contributed by atoms with Crippen LogP contribution in [0.15, 0.2) is 48.5 Å². The number of imide groups is 1. The maximum absolute atomic E-state index is 13.3. The molecule has 0 spiro atoms. The third-order valence-electron chi connectivity index (χ3n) is 4.17. The molecule has 5 nitrogen and oxygen atoms in total. The number of hydrogen-bond donors (Lipinski definition) is 1. The molecule has 1 N–H and O–H groups in total. The van der Waals surface area contributed by atoms with Gasteiger partial charge in [-0.3, -0.25) is 9.69 Å². The quantitative estimate of drug-likeness (QED) is 0.878. The van der Waals surface area contributed by atoms with Gasteiger partial charge in [0.1, 0.15) is 17.1 Å². The first-order valence-electron chi connectivity index (χ1n) is 7.47. The minimum absolute atomic E-state index is 0.0220. The summed E-state index contributed by atoms with van der Waals surface area (Å²) in [6.07, 6.45) is 0. The molecule has 0 unspecified atom stereocenters. The van der Waals surface area contributed by atoms with E-state index in [2.05, 4.69) is 5.32 Å². The average Bonchev–Trinajstić information content (AvgIpc) is 2.79. The highest BCUT2D eigenvalue weighted by Gasteiger charge is 2.48. The van der Waals surface area contributed by atoms with Gasteiger partial charge in [0.05, 0.1) is 13.7 Å². The second-order valence-corrected chi connectivity index (χ2v) is 5.80. The van der Waals surface area contributed by atoms with Crippen LogP contribution >= 0.6 is 0 Å². The molecule has 1 saturated heterocycles. The summed E-state index contributed by atoms with van der Waals surface area (Å²) in [5.41, 5.74) is 0.0531. The van der Waals surface area contributed by atoms with Gasteiger partial charge < -0.3 is 10.1 Å². The van der Waals surface area contributed by atoms with Crippen molar-refractivity contribution in [3.05, 3.63) is 65.5 Å². The number of ether oxygens (including phenoxy) is 1. The summed E-state index contributed by atoms with van der Waals surface area (Å²) in [6, 6.07) is 12.3. The van der Waals surface area contributed by atoms with E-state index in [9.17, 15) is 14.0 Å². The van der Waals surface area contributed by atoms with Crippen molar-refractivity contribution >= 4 is 11.9 Å². The number of methoxy groups -OCH3 is 1. The van der Waals surface area contributed by atoms with Gasteiger partial charge >= 0.3 is 6.03 Å². The topological polar surface area (TPSA) is 58.6 Å².